The zero-order valence-corrected chi connectivity index (χ0v) is 18.9. The van der Waals surface area contributed by atoms with Crippen molar-refractivity contribution >= 4 is 11.7 Å². The molecule has 2 fully saturated rings. The van der Waals surface area contributed by atoms with Gasteiger partial charge in [-0.2, -0.15) is 5.10 Å². The maximum absolute atomic E-state index is 12.9. The largest absolute Gasteiger partial charge is 0.356 e. The molecule has 5 rings (SSSR count). The number of aromatic nitrogens is 4. The third kappa shape index (κ3) is 4.60. The number of likely N-dealkylation sites (tertiary alicyclic amines) is 1. The quantitative estimate of drug-likeness (QED) is 0.715. The molecule has 2 aromatic heterocycles. The molecule has 2 aliphatic heterocycles. The van der Waals surface area contributed by atoms with Crippen LogP contribution in [-0.4, -0.2) is 56.7 Å². The smallest absolute Gasteiger partial charge is 0.224 e. The Morgan fingerprint density at radius 2 is 2.00 bits per heavy atom. The van der Waals surface area contributed by atoms with Gasteiger partial charge in [-0.1, -0.05) is 0 Å². The fraction of sp³-hybridized carbons (Fsp3) is 0.667. The van der Waals surface area contributed by atoms with Crippen LogP contribution in [0.1, 0.15) is 67.2 Å². The average Bonchev–Trinajstić information content (AvgIpc) is 3.50. The van der Waals surface area contributed by atoms with Gasteiger partial charge < -0.3 is 9.80 Å². The fourth-order valence-corrected chi connectivity index (χ4v) is 5.05. The molecule has 3 aliphatic rings. The van der Waals surface area contributed by atoms with E-state index >= 15 is 0 Å². The van der Waals surface area contributed by atoms with Crippen LogP contribution in [0.2, 0.25) is 0 Å². The van der Waals surface area contributed by atoms with Crippen LogP contribution in [0.4, 0.5) is 5.82 Å². The van der Waals surface area contributed by atoms with E-state index in [9.17, 15) is 4.79 Å². The molecule has 166 valence electrons. The molecular weight excluding hydrogens is 388 g/mol. The second kappa shape index (κ2) is 8.60. The first-order valence-electron chi connectivity index (χ1n) is 12.0. The summed E-state index contributed by atoms with van der Waals surface area (Å²) >= 11 is 0. The summed E-state index contributed by atoms with van der Waals surface area (Å²) in [7, 11) is 0. The number of carbonyl (C=O) groups excluding carboxylic acids is 1. The zero-order valence-electron chi connectivity index (χ0n) is 18.9. The molecular formula is C24H34N6O. The predicted molar refractivity (Wildman–Crippen MR) is 120 cm³/mol. The van der Waals surface area contributed by atoms with Crippen molar-refractivity contribution in [3.8, 4) is 0 Å². The molecule has 1 saturated carbocycles. The number of hydrogen-bond donors (Lipinski definition) is 0. The van der Waals surface area contributed by atoms with Gasteiger partial charge >= 0.3 is 0 Å². The summed E-state index contributed by atoms with van der Waals surface area (Å²) in [5, 5.41) is 4.39. The van der Waals surface area contributed by atoms with Gasteiger partial charge in [0.05, 0.1) is 5.69 Å². The van der Waals surface area contributed by atoms with E-state index in [2.05, 4.69) is 16.9 Å². The maximum atomic E-state index is 12.9. The Labute approximate surface area is 184 Å². The molecule has 1 atom stereocenters. The standard InChI is InChI=1S/C24H34N6O/c1-17-9-13-30(27-17)14-10-22(31)28-11-3-5-20(16-28)23-25-18(2)21-6-4-12-29(24(21)26-23)15-19-7-8-19/h9,13,19-20H,3-8,10-12,14-16H2,1-2H3. The number of hydrogen-bond acceptors (Lipinski definition) is 5. The lowest BCUT2D eigenvalue weighted by Gasteiger charge is -2.34. The number of piperidine rings is 1. The molecule has 2 aromatic rings. The number of fused-ring (bicyclic) bond motifs is 1. The molecule has 7 heteroatoms. The highest BCUT2D eigenvalue weighted by Crippen LogP contribution is 2.36. The molecule has 1 unspecified atom stereocenters. The minimum Gasteiger partial charge on any atom is -0.356 e. The molecule has 7 nitrogen and oxygen atoms in total. The van der Waals surface area contributed by atoms with Gasteiger partial charge in [-0.05, 0) is 64.4 Å². The SMILES string of the molecule is Cc1ccn(CCC(=O)N2CCCC(c3nc(C)c4c(n3)N(CC3CC3)CCC4)C2)n1. The number of anilines is 1. The van der Waals surface area contributed by atoms with Gasteiger partial charge in [-0.15, -0.1) is 0 Å². The fourth-order valence-electron chi connectivity index (χ4n) is 5.05. The van der Waals surface area contributed by atoms with Crippen LogP contribution in [-0.2, 0) is 17.8 Å². The van der Waals surface area contributed by atoms with E-state index < -0.39 is 0 Å². The van der Waals surface area contributed by atoms with Crippen LogP contribution >= 0.6 is 0 Å². The highest BCUT2D eigenvalue weighted by molar-refractivity contribution is 5.76. The Morgan fingerprint density at radius 3 is 2.77 bits per heavy atom. The molecule has 1 aliphatic carbocycles. The third-order valence-electron chi connectivity index (χ3n) is 7.01. The number of carbonyl (C=O) groups is 1. The monoisotopic (exact) mass is 422 g/mol. The van der Waals surface area contributed by atoms with E-state index in [0.29, 0.717) is 13.0 Å². The molecule has 1 amide bonds. The second-order valence-electron chi connectivity index (χ2n) is 9.61. The van der Waals surface area contributed by atoms with Crippen molar-refractivity contribution in [1.29, 1.82) is 0 Å². The Balaban J connectivity index is 1.28. The summed E-state index contributed by atoms with van der Waals surface area (Å²) in [6.45, 7) is 8.58. The van der Waals surface area contributed by atoms with Crippen molar-refractivity contribution < 1.29 is 4.79 Å². The molecule has 1 saturated heterocycles. The lowest BCUT2D eigenvalue weighted by Crippen LogP contribution is -2.40. The first-order chi connectivity index (χ1) is 15.1. The van der Waals surface area contributed by atoms with Crippen molar-refractivity contribution in [3.63, 3.8) is 0 Å². The highest BCUT2D eigenvalue weighted by atomic mass is 16.2. The van der Waals surface area contributed by atoms with Gasteiger partial charge in [0.15, 0.2) is 0 Å². The van der Waals surface area contributed by atoms with Crippen LogP contribution in [0.15, 0.2) is 12.3 Å². The summed E-state index contributed by atoms with van der Waals surface area (Å²) < 4.78 is 1.86. The third-order valence-corrected chi connectivity index (χ3v) is 7.01. The van der Waals surface area contributed by atoms with E-state index in [-0.39, 0.29) is 11.8 Å². The maximum Gasteiger partial charge on any atom is 0.224 e. The molecule has 0 radical (unpaired) electrons. The van der Waals surface area contributed by atoms with Crippen LogP contribution in [0.5, 0.6) is 0 Å². The Morgan fingerprint density at radius 1 is 1.13 bits per heavy atom. The van der Waals surface area contributed by atoms with E-state index in [0.717, 1.165) is 68.6 Å². The predicted octanol–water partition coefficient (Wildman–Crippen LogP) is 3.25. The van der Waals surface area contributed by atoms with Crippen LogP contribution in [0.25, 0.3) is 0 Å². The first kappa shape index (κ1) is 20.5. The van der Waals surface area contributed by atoms with Crippen molar-refractivity contribution in [3.05, 3.63) is 35.0 Å². The van der Waals surface area contributed by atoms with Crippen LogP contribution in [0.3, 0.4) is 0 Å². The van der Waals surface area contributed by atoms with Crippen molar-refractivity contribution in [2.24, 2.45) is 5.92 Å². The van der Waals surface area contributed by atoms with Gasteiger partial charge in [0, 0.05) is 62.5 Å². The summed E-state index contributed by atoms with van der Waals surface area (Å²) in [5.41, 5.74) is 3.47. The minimum atomic E-state index is 0.211. The summed E-state index contributed by atoms with van der Waals surface area (Å²) in [5.74, 6) is 3.42. The number of nitrogens with zero attached hydrogens (tertiary/aromatic N) is 6. The van der Waals surface area contributed by atoms with Crippen molar-refractivity contribution in [2.75, 3.05) is 31.1 Å². The highest BCUT2D eigenvalue weighted by Gasteiger charge is 2.31. The van der Waals surface area contributed by atoms with E-state index in [1.165, 1.54) is 30.6 Å². The van der Waals surface area contributed by atoms with Gasteiger partial charge in [0.2, 0.25) is 5.91 Å². The molecule has 0 N–H and O–H groups in total. The van der Waals surface area contributed by atoms with Crippen molar-refractivity contribution in [1.82, 2.24) is 24.6 Å². The van der Waals surface area contributed by atoms with Crippen LogP contribution < -0.4 is 4.90 Å². The Kier molecular flexibility index (Phi) is 5.67. The normalized spacial score (nSPS) is 21.3. The van der Waals surface area contributed by atoms with Gasteiger partial charge in [0.25, 0.3) is 0 Å². The number of rotatable bonds is 6. The lowest BCUT2D eigenvalue weighted by atomic mass is 9.95. The summed E-state index contributed by atoms with van der Waals surface area (Å²) in [6, 6.07) is 1.98. The average molecular weight is 423 g/mol. The van der Waals surface area contributed by atoms with Gasteiger partial charge in [0.1, 0.15) is 11.6 Å². The van der Waals surface area contributed by atoms with Gasteiger partial charge in [-0.3, -0.25) is 9.48 Å². The van der Waals surface area contributed by atoms with E-state index in [1.54, 1.807) is 0 Å². The number of aryl methyl sites for hydroxylation is 3. The number of amides is 1. The molecule has 0 spiro atoms. The first-order valence-corrected chi connectivity index (χ1v) is 12.0. The van der Waals surface area contributed by atoms with E-state index in [4.69, 9.17) is 9.97 Å². The molecule has 31 heavy (non-hydrogen) atoms. The Hall–Kier alpha value is -2.44. The minimum absolute atomic E-state index is 0.211. The van der Waals surface area contributed by atoms with Gasteiger partial charge in [-0.25, -0.2) is 9.97 Å². The van der Waals surface area contributed by atoms with Crippen LogP contribution in [0, 0.1) is 19.8 Å². The zero-order chi connectivity index (χ0) is 21.4. The topological polar surface area (TPSA) is 67.2 Å². The lowest BCUT2D eigenvalue weighted by molar-refractivity contribution is -0.132. The molecule has 4 heterocycles. The molecule has 0 bridgehead atoms. The second-order valence-corrected chi connectivity index (χ2v) is 9.61. The summed E-state index contributed by atoms with van der Waals surface area (Å²) in [4.78, 5) is 27.4. The van der Waals surface area contributed by atoms with Crippen molar-refractivity contribution in [2.45, 2.75) is 71.3 Å². The molecule has 0 aromatic carbocycles. The Bertz CT molecular complexity index is 950. The summed E-state index contributed by atoms with van der Waals surface area (Å²) in [6.07, 6.45) is 9.52. The van der Waals surface area contributed by atoms with E-state index in [1.807, 2.05) is 28.8 Å².